The van der Waals surface area contributed by atoms with Crippen LogP contribution in [-0.4, -0.2) is 50.2 Å². The van der Waals surface area contributed by atoms with Crippen molar-refractivity contribution in [3.8, 4) is 11.5 Å². The summed E-state index contributed by atoms with van der Waals surface area (Å²) >= 11 is 0. The van der Waals surface area contributed by atoms with Gasteiger partial charge in [0, 0.05) is 41.8 Å². The molecule has 0 aliphatic heterocycles. The van der Waals surface area contributed by atoms with E-state index in [2.05, 4.69) is 9.47 Å². The quantitative estimate of drug-likeness (QED) is 0.343. The van der Waals surface area contributed by atoms with E-state index in [1.54, 1.807) is 0 Å². The number of hydrogen-bond acceptors (Lipinski definition) is 10. The molecule has 0 heterocycles. The van der Waals surface area contributed by atoms with E-state index in [-0.39, 0.29) is 40.2 Å². The first-order chi connectivity index (χ1) is 14.7. The Kier molecular flexibility index (Phi) is 7.08. The van der Waals surface area contributed by atoms with Crippen LogP contribution in [0.5, 0.6) is 11.5 Å². The Morgan fingerprint density at radius 3 is 1.35 bits per heavy atom. The molecule has 0 spiro atoms. The summed E-state index contributed by atoms with van der Waals surface area (Å²) < 4.78 is 19.9. The van der Waals surface area contributed by atoms with E-state index in [1.165, 1.54) is 14.2 Å². The Balaban J connectivity index is 2.80. The second kappa shape index (κ2) is 9.52. The van der Waals surface area contributed by atoms with Crippen molar-refractivity contribution < 1.29 is 38.4 Å². The maximum absolute atomic E-state index is 12.1. The highest BCUT2D eigenvalue weighted by molar-refractivity contribution is 5.95. The van der Waals surface area contributed by atoms with Crippen LogP contribution >= 0.6 is 0 Å². The van der Waals surface area contributed by atoms with E-state index < -0.39 is 33.2 Å². The largest absolute Gasteiger partial charge is 0.496 e. The monoisotopic (exact) mass is 434 g/mol. The van der Waals surface area contributed by atoms with Crippen molar-refractivity contribution in [3.05, 3.63) is 66.7 Å². The molecular weight excluding hydrogens is 416 g/mol. The number of nitro groups is 2. The van der Waals surface area contributed by atoms with E-state index in [0.29, 0.717) is 0 Å². The first-order valence-electron chi connectivity index (χ1n) is 8.55. The number of methoxy groups -OCH3 is 4. The average Bonchev–Trinajstić information content (AvgIpc) is 2.76. The molecule has 12 heteroatoms. The van der Waals surface area contributed by atoms with E-state index in [1.807, 2.05) is 0 Å². The molecule has 0 N–H and O–H groups in total. The Labute approximate surface area is 175 Å². The molecule has 0 fully saturated rings. The van der Waals surface area contributed by atoms with Gasteiger partial charge in [-0.3, -0.25) is 20.2 Å². The molecule has 0 saturated heterocycles. The molecule has 0 aliphatic carbocycles. The third kappa shape index (κ3) is 4.69. The van der Waals surface area contributed by atoms with Crippen molar-refractivity contribution in [3.63, 3.8) is 0 Å². The molecule has 0 aliphatic rings. The van der Waals surface area contributed by atoms with Crippen LogP contribution in [0, 0.1) is 20.2 Å². The van der Waals surface area contributed by atoms with Crippen LogP contribution in [-0.2, 0) is 15.9 Å². The average molecular weight is 434 g/mol. The van der Waals surface area contributed by atoms with Crippen molar-refractivity contribution in [2.75, 3.05) is 28.4 Å². The van der Waals surface area contributed by atoms with E-state index in [0.717, 1.165) is 38.5 Å². The second-order valence-corrected chi connectivity index (χ2v) is 6.05. The van der Waals surface area contributed by atoms with Gasteiger partial charge in [-0.25, -0.2) is 9.59 Å². The minimum Gasteiger partial charge on any atom is -0.496 e. The third-order valence-corrected chi connectivity index (χ3v) is 4.32. The van der Waals surface area contributed by atoms with Crippen LogP contribution in [0.25, 0.3) is 0 Å². The maximum atomic E-state index is 12.1. The van der Waals surface area contributed by atoms with Gasteiger partial charge in [-0.2, -0.15) is 0 Å². The lowest BCUT2D eigenvalue weighted by molar-refractivity contribution is -0.385. The van der Waals surface area contributed by atoms with Gasteiger partial charge < -0.3 is 18.9 Å². The number of non-ortho nitro benzene ring substituents is 2. The zero-order chi connectivity index (χ0) is 23.3. The van der Waals surface area contributed by atoms with Crippen molar-refractivity contribution in [2.45, 2.75) is 6.42 Å². The van der Waals surface area contributed by atoms with Crippen LogP contribution < -0.4 is 9.47 Å². The Bertz CT molecular complexity index is 981. The molecule has 2 aromatic carbocycles. The number of carbonyl (C=O) groups is 2. The fourth-order valence-corrected chi connectivity index (χ4v) is 3.03. The zero-order valence-electron chi connectivity index (χ0n) is 17.0. The summed E-state index contributed by atoms with van der Waals surface area (Å²) in [5.41, 5.74) is -0.959. The fourth-order valence-electron chi connectivity index (χ4n) is 3.03. The Hall–Kier alpha value is -4.22. The number of hydrogen-bond donors (Lipinski definition) is 0. The van der Waals surface area contributed by atoms with Crippen LogP contribution in [0.1, 0.15) is 31.8 Å². The molecule has 12 nitrogen and oxygen atoms in total. The van der Waals surface area contributed by atoms with Gasteiger partial charge in [0.05, 0.1) is 38.3 Å². The number of ether oxygens (including phenoxy) is 4. The van der Waals surface area contributed by atoms with Crippen LogP contribution in [0.3, 0.4) is 0 Å². The normalized spacial score (nSPS) is 10.2. The number of rotatable bonds is 8. The van der Waals surface area contributed by atoms with Gasteiger partial charge in [0.1, 0.15) is 22.6 Å². The van der Waals surface area contributed by atoms with Crippen LogP contribution in [0.4, 0.5) is 11.4 Å². The van der Waals surface area contributed by atoms with E-state index in [9.17, 15) is 29.8 Å². The van der Waals surface area contributed by atoms with Gasteiger partial charge in [-0.05, 0) is 0 Å². The lowest BCUT2D eigenvalue weighted by Crippen LogP contribution is -2.10. The number of esters is 2. The summed E-state index contributed by atoms with van der Waals surface area (Å²) in [7, 11) is 4.71. The highest BCUT2D eigenvalue weighted by Gasteiger charge is 2.27. The van der Waals surface area contributed by atoms with Crippen LogP contribution in [0.15, 0.2) is 24.3 Å². The minimum absolute atomic E-state index is 0.0226. The lowest BCUT2D eigenvalue weighted by atomic mass is 9.97. The molecule has 0 atom stereocenters. The van der Waals surface area contributed by atoms with Gasteiger partial charge in [0.25, 0.3) is 11.4 Å². The number of benzene rings is 2. The zero-order valence-corrected chi connectivity index (χ0v) is 17.0. The summed E-state index contributed by atoms with van der Waals surface area (Å²) in [6, 6.07) is 4.31. The number of carbonyl (C=O) groups excluding carboxylic acids is 2. The maximum Gasteiger partial charge on any atom is 0.341 e. The first kappa shape index (κ1) is 23.1. The SMILES string of the molecule is COC(=O)c1cc([N+](=O)[O-])cc(Cc2cc([N+](=O)[O-])cc(C(=O)OC)c2OC)c1OC. The number of nitro benzene ring substituents is 2. The van der Waals surface area contributed by atoms with Gasteiger partial charge in [0.2, 0.25) is 0 Å². The van der Waals surface area contributed by atoms with E-state index >= 15 is 0 Å². The van der Waals surface area contributed by atoms with Gasteiger partial charge >= 0.3 is 11.9 Å². The van der Waals surface area contributed by atoms with Gasteiger partial charge in [-0.15, -0.1) is 0 Å². The van der Waals surface area contributed by atoms with Gasteiger partial charge in [-0.1, -0.05) is 0 Å². The smallest absolute Gasteiger partial charge is 0.341 e. The molecular formula is C19H18N2O10. The predicted octanol–water partition coefficient (Wildman–Crippen LogP) is 2.68. The Morgan fingerprint density at radius 1 is 0.742 bits per heavy atom. The summed E-state index contributed by atoms with van der Waals surface area (Å²) in [5, 5.41) is 22.7. The molecule has 0 aromatic heterocycles. The molecule has 31 heavy (non-hydrogen) atoms. The Morgan fingerprint density at radius 2 is 1.10 bits per heavy atom. The highest BCUT2D eigenvalue weighted by atomic mass is 16.6. The molecule has 2 aromatic rings. The molecule has 0 unspecified atom stereocenters. The summed E-state index contributed by atoms with van der Waals surface area (Å²) in [6.45, 7) is 0. The van der Waals surface area contributed by atoms with Crippen molar-refractivity contribution >= 4 is 23.3 Å². The molecule has 0 saturated carbocycles. The molecule has 0 radical (unpaired) electrons. The third-order valence-electron chi connectivity index (χ3n) is 4.32. The molecule has 164 valence electrons. The predicted molar refractivity (Wildman–Crippen MR) is 105 cm³/mol. The minimum atomic E-state index is -0.872. The van der Waals surface area contributed by atoms with Crippen LogP contribution in [0.2, 0.25) is 0 Å². The summed E-state index contributed by atoms with van der Waals surface area (Å²) in [5.74, 6) is -1.79. The molecule has 2 rings (SSSR count). The van der Waals surface area contributed by atoms with Gasteiger partial charge in [0.15, 0.2) is 0 Å². The first-order valence-corrected chi connectivity index (χ1v) is 8.55. The topological polar surface area (TPSA) is 157 Å². The number of nitrogens with zero attached hydrogens (tertiary/aromatic N) is 2. The lowest BCUT2D eigenvalue weighted by Gasteiger charge is -2.16. The van der Waals surface area contributed by atoms with E-state index in [4.69, 9.17) is 9.47 Å². The standard InChI is InChI=1S/C19H18N2O10/c1-28-16-10(6-12(20(24)25)8-14(16)18(22)30-3)5-11-7-13(21(26)27)9-15(17(11)29-2)19(23)31-4/h6-9H,5H2,1-4H3. The fraction of sp³-hybridized carbons (Fsp3) is 0.263. The van der Waals surface area contributed by atoms with Crippen molar-refractivity contribution in [2.24, 2.45) is 0 Å². The summed E-state index contributed by atoms with van der Waals surface area (Å²) in [6.07, 6.45) is -0.205. The highest BCUT2D eigenvalue weighted by Crippen LogP contribution is 2.36. The second-order valence-electron chi connectivity index (χ2n) is 6.05. The molecule has 0 amide bonds. The van der Waals surface area contributed by atoms with Crippen molar-refractivity contribution in [1.82, 2.24) is 0 Å². The summed E-state index contributed by atoms with van der Waals surface area (Å²) in [4.78, 5) is 45.5. The molecule has 0 bridgehead atoms. The van der Waals surface area contributed by atoms with Crippen molar-refractivity contribution in [1.29, 1.82) is 0 Å².